The van der Waals surface area contributed by atoms with E-state index in [0.29, 0.717) is 12.0 Å². The summed E-state index contributed by atoms with van der Waals surface area (Å²) in [6.07, 6.45) is 2.31. The molecule has 3 atom stereocenters. The molecule has 0 N–H and O–H groups in total. The van der Waals surface area contributed by atoms with Crippen LogP contribution in [0.5, 0.6) is 0 Å². The van der Waals surface area contributed by atoms with Crippen molar-refractivity contribution in [2.24, 2.45) is 17.8 Å². The smallest absolute Gasteiger partial charge is 0.0656 e. The summed E-state index contributed by atoms with van der Waals surface area (Å²) in [5, 5.41) is 8.83. The second-order valence-corrected chi connectivity index (χ2v) is 4.87. The van der Waals surface area contributed by atoms with Gasteiger partial charge in [-0.15, -0.1) is 0 Å². The summed E-state index contributed by atoms with van der Waals surface area (Å²) in [6.45, 7) is 7.01. The summed E-state index contributed by atoms with van der Waals surface area (Å²) in [5.41, 5.74) is 0. The van der Waals surface area contributed by atoms with Crippen molar-refractivity contribution in [1.29, 1.82) is 5.26 Å². The molecule has 2 fully saturated rings. The quantitative estimate of drug-likeness (QED) is 0.613. The van der Waals surface area contributed by atoms with Crippen molar-refractivity contribution in [3.05, 3.63) is 0 Å². The first-order valence-electron chi connectivity index (χ1n) is 5.34. The van der Waals surface area contributed by atoms with E-state index in [1.165, 1.54) is 13.1 Å². The molecular weight excluding hydrogens is 160 g/mol. The lowest BCUT2D eigenvalue weighted by Gasteiger charge is -2.21. The molecule has 0 spiro atoms. The van der Waals surface area contributed by atoms with Crippen LogP contribution in [0.3, 0.4) is 0 Å². The Kier molecular flexibility index (Phi) is 2.29. The SMILES string of the molecule is CC(C)N1C[C@H]2CC(C#N)C[C@H]2C1. The zero-order chi connectivity index (χ0) is 9.42. The van der Waals surface area contributed by atoms with Crippen LogP contribution < -0.4 is 0 Å². The fourth-order valence-corrected chi connectivity index (χ4v) is 2.86. The number of nitrogens with zero attached hydrogens (tertiary/aromatic N) is 2. The second kappa shape index (κ2) is 3.31. The Morgan fingerprint density at radius 3 is 2.15 bits per heavy atom. The van der Waals surface area contributed by atoms with E-state index in [1.54, 1.807) is 0 Å². The van der Waals surface area contributed by atoms with Gasteiger partial charge in [-0.1, -0.05) is 0 Å². The lowest BCUT2D eigenvalue weighted by Crippen LogP contribution is -2.29. The first-order valence-corrected chi connectivity index (χ1v) is 5.34. The third-order valence-electron chi connectivity index (χ3n) is 3.69. The van der Waals surface area contributed by atoms with E-state index in [0.717, 1.165) is 24.7 Å². The van der Waals surface area contributed by atoms with Gasteiger partial charge in [0.1, 0.15) is 0 Å². The summed E-state index contributed by atoms with van der Waals surface area (Å²) in [6, 6.07) is 3.10. The Balaban J connectivity index is 1.94. The molecule has 0 radical (unpaired) electrons. The van der Waals surface area contributed by atoms with Crippen LogP contribution in [0.1, 0.15) is 26.7 Å². The van der Waals surface area contributed by atoms with E-state index in [-0.39, 0.29) is 0 Å². The second-order valence-electron chi connectivity index (χ2n) is 4.87. The molecule has 1 heterocycles. The molecule has 0 aromatic rings. The van der Waals surface area contributed by atoms with E-state index < -0.39 is 0 Å². The highest BCUT2D eigenvalue weighted by atomic mass is 15.2. The van der Waals surface area contributed by atoms with Gasteiger partial charge in [0.25, 0.3) is 0 Å². The van der Waals surface area contributed by atoms with E-state index in [9.17, 15) is 0 Å². The van der Waals surface area contributed by atoms with Crippen molar-refractivity contribution < 1.29 is 0 Å². The van der Waals surface area contributed by atoms with Gasteiger partial charge in [-0.3, -0.25) is 0 Å². The lowest BCUT2D eigenvalue weighted by molar-refractivity contribution is 0.250. The van der Waals surface area contributed by atoms with Gasteiger partial charge in [-0.05, 0) is 38.5 Å². The molecule has 13 heavy (non-hydrogen) atoms. The first-order chi connectivity index (χ1) is 6.20. The van der Waals surface area contributed by atoms with Gasteiger partial charge in [-0.2, -0.15) is 5.26 Å². The van der Waals surface area contributed by atoms with Gasteiger partial charge in [-0.25, -0.2) is 0 Å². The fraction of sp³-hybridized carbons (Fsp3) is 0.909. The number of rotatable bonds is 1. The first kappa shape index (κ1) is 9.02. The zero-order valence-corrected chi connectivity index (χ0v) is 8.53. The molecule has 1 saturated heterocycles. The van der Waals surface area contributed by atoms with Crippen LogP contribution in [0.15, 0.2) is 0 Å². The van der Waals surface area contributed by atoms with Gasteiger partial charge in [0.2, 0.25) is 0 Å². The van der Waals surface area contributed by atoms with Crippen LogP contribution in [-0.2, 0) is 0 Å². The maximum atomic E-state index is 8.83. The van der Waals surface area contributed by atoms with Gasteiger partial charge in [0, 0.05) is 25.0 Å². The van der Waals surface area contributed by atoms with Crippen molar-refractivity contribution in [3.8, 4) is 6.07 Å². The molecule has 1 aliphatic heterocycles. The molecule has 0 bridgehead atoms. The van der Waals surface area contributed by atoms with Crippen LogP contribution >= 0.6 is 0 Å². The number of likely N-dealkylation sites (tertiary alicyclic amines) is 1. The molecule has 1 saturated carbocycles. The van der Waals surface area contributed by atoms with Crippen molar-refractivity contribution in [1.82, 2.24) is 4.90 Å². The molecule has 2 aliphatic rings. The maximum Gasteiger partial charge on any atom is 0.0656 e. The number of hydrogen-bond acceptors (Lipinski definition) is 2. The highest BCUT2D eigenvalue weighted by Crippen LogP contribution is 2.41. The van der Waals surface area contributed by atoms with E-state index in [4.69, 9.17) is 5.26 Å². The maximum absolute atomic E-state index is 8.83. The third kappa shape index (κ3) is 1.58. The molecule has 72 valence electrons. The largest absolute Gasteiger partial charge is 0.300 e. The Bertz CT molecular complexity index is 215. The molecule has 2 nitrogen and oxygen atoms in total. The van der Waals surface area contributed by atoms with Crippen molar-refractivity contribution in [2.45, 2.75) is 32.7 Å². The number of fused-ring (bicyclic) bond motifs is 1. The zero-order valence-electron chi connectivity index (χ0n) is 8.53. The van der Waals surface area contributed by atoms with Gasteiger partial charge >= 0.3 is 0 Å². The molecule has 1 aliphatic carbocycles. The Morgan fingerprint density at radius 1 is 1.23 bits per heavy atom. The minimum absolute atomic E-state index is 0.365. The summed E-state index contributed by atoms with van der Waals surface area (Å²) in [7, 11) is 0. The highest BCUT2D eigenvalue weighted by Gasteiger charge is 2.41. The van der Waals surface area contributed by atoms with E-state index in [2.05, 4.69) is 24.8 Å². The van der Waals surface area contributed by atoms with Crippen LogP contribution in [0.25, 0.3) is 0 Å². The molecule has 2 rings (SSSR count). The number of nitriles is 1. The van der Waals surface area contributed by atoms with E-state index in [1.807, 2.05) is 0 Å². The van der Waals surface area contributed by atoms with Crippen molar-refractivity contribution in [2.75, 3.05) is 13.1 Å². The van der Waals surface area contributed by atoms with Crippen molar-refractivity contribution in [3.63, 3.8) is 0 Å². The van der Waals surface area contributed by atoms with Gasteiger partial charge < -0.3 is 4.90 Å². The average molecular weight is 178 g/mol. The topological polar surface area (TPSA) is 27.0 Å². The molecular formula is C11H18N2. The monoisotopic (exact) mass is 178 g/mol. The molecule has 0 aromatic carbocycles. The van der Waals surface area contributed by atoms with Gasteiger partial charge in [0.15, 0.2) is 0 Å². The predicted molar refractivity (Wildman–Crippen MR) is 52.0 cm³/mol. The average Bonchev–Trinajstić information content (AvgIpc) is 2.58. The van der Waals surface area contributed by atoms with E-state index >= 15 is 0 Å². The van der Waals surface area contributed by atoms with Crippen LogP contribution in [0, 0.1) is 29.1 Å². The standard InChI is InChI=1S/C11H18N2/c1-8(2)13-6-10-3-9(5-12)4-11(10)7-13/h8-11H,3-4,6-7H2,1-2H3/t9?,10-,11+. The molecule has 0 amide bonds. The number of hydrogen-bond donors (Lipinski definition) is 0. The van der Waals surface area contributed by atoms with Crippen LogP contribution in [0.4, 0.5) is 0 Å². The summed E-state index contributed by atoms with van der Waals surface area (Å²) >= 11 is 0. The predicted octanol–water partition coefficient (Wildman–Crippen LogP) is 1.88. The minimum Gasteiger partial charge on any atom is -0.300 e. The third-order valence-corrected chi connectivity index (χ3v) is 3.69. The summed E-state index contributed by atoms with van der Waals surface area (Å²) < 4.78 is 0. The van der Waals surface area contributed by atoms with Crippen molar-refractivity contribution >= 4 is 0 Å². The Labute approximate surface area is 80.5 Å². The molecule has 0 aromatic heterocycles. The fourth-order valence-electron chi connectivity index (χ4n) is 2.86. The minimum atomic E-state index is 0.365. The Hall–Kier alpha value is -0.550. The summed E-state index contributed by atoms with van der Waals surface area (Å²) in [4.78, 5) is 2.56. The summed E-state index contributed by atoms with van der Waals surface area (Å²) in [5.74, 6) is 2.02. The molecule has 2 heteroatoms. The van der Waals surface area contributed by atoms with Crippen LogP contribution in [0.2, 0.25) is 0 Å². The molecule has 1 unspecified atom stereocenters. The van der Waals surface area contributed by atoms with Crippen LogP contribution in [-0.4, -0.2) is 24.0 Å². The lowest BCUT2D eigenvalue weighted by atomic mass is 10.0. The van der Waals surface area contributed by atoms with Gasteiger partial charge in [0.05, 0.1) is 6.07 Å². The Morgan fingerprint density at radius 2 is 1.77 bits per heavy atom. The highest BCUT2D eigenvalue weighted by molar-refractivity contribution is 4.99. The normalized spacial score (nSPS) is 39.4.